The van der Waals surface area contributed by atoms with E-state index >= 15 is 0 Å². The lowest BCUT2D eigenvalue weighted by Crippen LogP contribution is -2.00. The van der Waals surface area contributed by atoms with Crippen LogP contribution in [0.5, 0.6) is 0 Å². The number of rotatable bonds is 5. The average molecular weight is 702 g/mol. The maximum atomic E-state index is 6.76. The number of aromatic nitrogens is 3. The highest BCUT2D eigenvalue weighted by atomic mass is 16.3. The molecule has 2 aromatic heterocycles. The Labute approximate surface area is 317 Å². The molecule has 0 aliphatic carbocycles. The molecule has 256 valence electrons. The number of furan rings is 1. The van der Waals surface area contributed by atoms with Gasteiger partial charge in [-0.25, -0.2) is 15.0 Å². The molecule has 0 saturated heterocycles. The van der Waals surface area contributed by atoms with Crippen molar-refractivity contribution in [1.29, 1.82) is 0 Å². The first-order valence-corrected chi connectivity index (χ1v) is 18.5. The number of para-hydroxylation sites is 1. The molecule has 11 aromatic rings. The van der Waals surface area contributed by atoms with Gasteiger partial charge in [0, 0.05) is 33.0 Å². The molecule has 4 nitrogen and oxygen atoms in total. The zero-order valence-corrected chi connectivity index (χ0v) is 29.6. The Hall–Kier alpha value is -7.43. The van der Waals surface area contributed by atoms with E-state index in [1.54, 1.807) is 0 Å². The van der Waals surface area contributed by atoms with Crippen LogP contribution in [0, 0.1) is 0 Å². The van der Waals surface area contributed by atoms with Crippen LogP contribution in [0.25, 0.3) is 111 Å². The van der Waals surface area contributed by atoms with Crippen LogP contribution in [0.4, 0.5) is 0 Å². The van der Waals surface area contributed by atoms with Crippen molar-refractivity contribution in [3.05, 3.63) is 188 Å². The van der Waals surface area contributed by atoms with Gasteiger partial charge in [-0.3, -0.25) is 0 Å². The van der Waals surface area contributed by atoms with Crippen molar-refractivity contribution >= 4 is 54.3 Å². The minimum atomic E-state index is 0.595. The molecule has 0 aliphatic rings. The molecule has 9 aromatic carbocycles. The fourth-order valence-electron chi connectivity index (χ4n) is 8.14. The summed E-state index contributed by atoms with van der Waals surface area (Å²) in [7, 11) is 0. The molecule has 55 heavy (non-hydrogen) atoms. The first kappa shape index (κ1) is 31.1. The van der Waals surface area contributed by atoms with Crippen molar-refractivity contribution in [1.82, 2.24) is 15.0 Å². The largest absolute Gasteiger partial charge is 0.455 e. The smallest absolute Gasteiger partial charge is 0.164 e. The summed E-state index contributed by atoms with van der Waals surface area (Å²) >= 11 is 0. The van der Waals surface area contributed by atoms with Crippen LogP contribution in [-0.4, -0.2) is 15.0 Å². The van der Waals surface area contributed by atoms with E-state index in [9.17, 15) is 0 Å². The third kappa shape index (κ3) is 5.19. The molecular formula is C51H31N3O. The van der Waals surface area contributed by atoms with E-state index < -0.39 is 0 Å². The number of hydrogen-bond acceptors (Lipinski definition) is 4. The summed E-state index contributed by atoms with van der Waals surface area (Å²) in [4.78, 5) is 15.4. The molecule has 0 N–H and O–H groups in total. The fourth-order valence-corrected chi connectivity index (χ4v) is 8.14. The number of nitrogens with zero attached hydrogens (tertiary/aromatic N) is 3. The highest BCUT2D eigenvalue weighted by Gasteiger charge is 2.21. The van der Waals surface area contributed by atoms with Gasteiger partial charge in [-0.05, 0) is 61.1 Å². The zero-order chi connectivity index (χ0) is 36.3. The van der Waals surface area contributed by atoms with Crippen LogP contribution in [0.3, 0.4) is 0 Å². The van der Waals surface area contributed by atoms with Crippen LogP contribution in [0.2, 0.25) is 0 Å². The van der Waals surface area contributed by atoms with Gasteiger partial charge in [0.2, 0.25) is 0 Å². The lowest BCUT2D eigenvalue weighted by atomic mass is 9.93. The van der Waals surface area contributed by atoms with E-state index in [0.717, 1.165) is 66.3 Å². The van der Waals surface area contributed by atoms with E-state index in [0.29, 0.717) is 17.5 Å². The van der Waals surface area contributed by atoms with Crippen molar-refractivity contribution in [3.8, 4) is 56.4 Å². The second-order valence-corrected chi connectivity index (χ2v) is 13.9. The second kappa shape index (κ2) is 12.6. The third-order valence-corrected chi connectivity index (χ3v) is 10.7. The second-order valence-electron chi connectivity index (χ2n) is 13.9. The Morgan fingerprint density at radius 1 is 0.309 bits per heavy atom. The van der Waals surface area contributed by atoms with Gasteiger partial charge < -0.3 is 4.42 Å². The van der Waals surface area contributed by atoms with Crippen molar-refractivity contribution in [3.63, 3.8) is 0 Å². The van der Waals surface area contributed by atoms with Crippen molar-refractivity contribution in [2.45, 2.75) is 0 Å². The van der Waals surface area contributed by atoms with Crippen LogP contribution in [-0.2, 0) is 0 Å². The van der Waals surface area contributed by atoms with Gasteiger partial charge in [-0.15, -0.1) is 0 Å². The Bertz CT molecular complexity index is 3260. The standard InChI is InChI=1S/C51H31N3O/c1-3-13-32(14-4-1)37-19-9-10-20-40(37)43-21-11-22-44-47-45(23-12-24-46(47)55-48(43)44)51-53-49(34-16-5-2-6-17-34)52-50(54-51)36-27-28-39-35(31-36)26-30-41-38-18-8-7-15-33(38)25-29-42(39)41/h1-31H. The zero-order valence-electron chi connectivity index (χ0n) is 29.6. The lowest BCUT2D eigenvalue weighted by Gasteiger charge is -2.11. The van der Waals surface area contributed by atoms with Gasteiger partial charge in [-0.2, -0.15) is 0 Å². The lowest BCUT2D eigenvalue weighted by molar-refractivity contribution is 0.670. The summed E-state index contributed by atoms with van der Waals surface area (Å²) in [5.74, 6) is 1.83. The summed E-state index contributed by atoms with van der Waals surface area (Å²) < 4.78 is 6.76. The Kier molecular flexibility index (Phi) is 7.14. The van der Waals surface area contributed by atoms with Crippen LogP contribution in [0.15, 0.2) is 192 Å². The topological polar surface area (TPSA) is 51.8 Å². The van der Waals surface area contributed by atoms with Gasteiger partial charge in [0.05, 0.1) is 0 Å². The van der Waals surface area contributed by atoms with Gasteiger partial charge in [0.25, 0.3) is 0 Å². The number of fused-ring (bicyclic) bond motifs is 8. The molecule has 4 heteroatoms. The molecule has 0 unspecified atom stereocenters. The summed E-state index contributed by atoms with van der Waals surface area (Å²) in [5.41, 5.74) is 8.84. The summed E-state index contributed by atoms with van der Waals surface area (Å²) in [6, 6.07) is 65.7. The quantitative estimate of drug-likeness (QED) is 0.168. The van der Waals surface area contributed by atoms with E-state index in [-0.39, 0.29) is 0 Å². The molecule has 2 heterocycles. The van der Waals surface area contributed by atoms with E-state index in [4.69, 9.17) is 19.4 Å². The fraction of sp³-hybridized carbons (Fsp3) is 0. The summed E-state index contributed by atoms with van der Waals surface area (Å²) in [6.45, 7) is 0. The molecule has 0 aliphatic heterocycles. The minimum Gasteiger partial charge on any atom is -0.455 e. The first-order chi connectivity index (χ1) is 27.3. The maximum Gasteiger partial charge on any atom is 0.164 e. The molecule has 0 amide bonds. The maximum absolute atomic E-state index is 6.76. The SMILES string of the molecule is c1ccc(-c2nc(-c3ccc4c(ccc5c6ccccc6ccc45)c3)nc(-c3cccc4oc5c(-c6ccccc6-c6ccccc6)cccc5c34)n2)cc1. The van der Waals surface area contributed by atoms with Crippen molar-refractivity contribution < 1.29 is 4.42 Å². The average Bonchev–Trinajstić information content (AvgIpc) is 3.66. The molecular weight excluding hydrogens is 671 g/mol. The van der Waals surface area contributed by atoms with E-state index in [1.807, 2.05) is 48.5 Å². The van der Waals surface area contributed by atoms with Gasteiger partial charge in [0.1, 0.15) is 11.2 Å². The summed E-state index contributed by atoms with van der Waals surface area (Å²) in [5, 5.41) is 9.30. The predicted molar refractivity (Wildman–Crippen MR) is 227 cm³/mol. The molecule has 0 bridgehead atoms. The molecule has 0 spiro atoms. The monoisotopic (exact) mass is 701 g/mol. The highest BCUT2D eigenvalue weighted by Crippen LogP contribution is 2.43. The number of benzene rings is 9. The molecule has 0 saturated carbocycles. The van der Waals surface area contributed by atoms with Crippen molar-refractivity contribution in [2.24, 2.45) is 0 Å². The van der Waals surface area contributed by atoms with Crippen LogP contribution < -0.4 is 0 Å². The molecule has 0 fully saturated rings. The van der Waals surface area contributed by atoms with Crippen LogP contribution >= 0.6 is 0 Å². The predicted octanol–water partition coefficient (Wildman–Crippen LogP) is 13.6. The molecule has 0 atom stereocenters. The molecule has 11 rings (SSSR count). The highest BCUT2D eigenvalue weighted by molar-refractivity contribution is 6.18. The van der Waals surface area contributed by atoms with Crippen LogP contribution in [0.1, 0.15) is 0 Å². The van der Waals surface area contributed by atoms with E-state index in [1.165, 1.54) is 26.9 Å². The third-order valence-electron chi connectivity index (χ3n) is 10.7. The minimum absolute atomic E-state index is 0.595. The normalized spacial score (nSPS) is 11.6. The summed E-state index contributed by atoms with van der Waals surface area (Å²) in [6.07, 6.45) is 0. The van der Waals surface area contributed by atoms with E-state index in [2.05, 4.69) is 140 Å². The van der Waals surface area contributed by atoms with Gasteiger partial charge in [0.15, 0.2) is 17.5 Å². The Morgan fingerprint density at radius 2 is 0.873 bits per heavy atom. The Morgan fingerprint density at radius 3 is 1.69 bits per heavy atom. The van der Waals surface area contributed by atoms with Gasteiger partial charge >= 0.3 is 0 Å². The number of hydrogen-bond donors (Lipinski definition) is 0. The van der Waals surface area contributed by atoms with Crippen molar-refractivity contribution in [2.75, 3.05) is 0 Å². The van der Waals surface area contributed by atoms with Gasteiger partial charge in [-0.1, -0.05) is 176 Å². The first-order valence-electron chi connectivity index (χ1n) is 18.5. The Balaban J connectivity index is 1.10. The molecule has 0 radical (unpaired) electrons.